The smallest absolute Gasteiger partial charge is 0.244 e. The van der Waals surface area contributed by atoms with Crippen LogP contribution in [0.2, 0.25) is 0 Å². The van der Waals surface area contributed by atoms with Gasteiger partial charge in [-0.3, -0.25) is 4.79 Å². The molecule has 0 radical (unpaired) electrons. The highest BCUT2D eigenvalue weighted by Gasteiger charge is 2.17. The molecule has 1 amide bonds. The molecule has 3 aromatic rings. The molecule has 3 rings (SSSR count). The van der Waals surface area contributed by atoms with Crippen molar-refractivity contribution < 1.29 is 9.53 Å². The molecule has 4 heteroatoms. The minimum absolute atomic E-state index is 0.0493. The lowest BCUT2D eigenvalue weighted by Crippen LogP contribution is -2.38. The summed E-state index contributed by atoms with van der Waals surface area (Å²) in [6.45, 7) is 3.01. The van der Waals surface area contributed by atoms with Crippen LogP contribution in [0, 0.1) is 0 Å². The molecule has 0 heterocycles. The molecule has 0 aromatic heterocycles. The normalized spacial score (nSPS) is 11.5. The fourth-order valence-electron chi connectivity index (χ4n) is 2.97. The lowest BCUT2D eigenvalue weighted by Gasteiger charge is -2.23. The van der Waals surface area contributed by atoms with Crippen LogP contribution in [-0.4, -0.2) is 23.9 Å². The molecule has 0 saturated carbocycles. The average molecular weight is 374 g/mol. The topological polar surface area (TPSA) is 41.6 Å². The van der Waals surface area contributed by atoms with E-state index in [1.165, 1.54) is 0 Å². The van der Waals surface area contributed by atoms with E-state index < -0.39 is 0 Å². The first-order valence-corrected chi connectivity index (χ1v) is 9.44. The number of carbonyl (C=O) groups excluding carboxylic acids is 1. The van der Waals surface area contributed by atoms with Crippen molar-refractivity contribution in [3.63, 3.8) is 0 Å². The number of nitrogens with zero attached hydrogens (tertiary/aromatic N) is 1. The summed E-state index contributed by atoms with van der Waals surface area (Å²) in [6.07, 6.45) is 0. The highest BCUT2D eigenvalue weighted by atomic mass is 16.5. The number of rotatable bonds is 8. The van der Waals surface area contributed by atoms with Crippen LogP contribution in [0.3, 0.4) is 0 Å². The van der Waals surface area contributed by atoms with Crippen molar-refractivity contribution in [2.75, 3.05) is 12.4 Å². The van der Waals surface area contributed by atoms with E-state index in [0.717, 1.165) is 22.6 Å². The summed E-state index contributed by atoms with van der Waals surface area (Å²) in [5, 5.41) is 3.26. The maximum absolute atomic E-state index is 12.6. The van der Waals surface area contributed by atoms with Gasteiger partial charge in [0.05, 0.1) is 0 Å². The van der Waals surface area contributed by atoms with Crippen molar-refractivity contribution in [1.29, 1.82) is 0 Å². The van der Waals surface area contributed by atoms with Crippen molar-refractivity contribution in [3.8, 4) is 5.75 Å². The average Bonchev–Trinajstić information content (AvgIpc) is 2.74. The quantitative estimate of drug-likeness (QED) is 0.620. The molecule has 0 aliphatic heterocycles. The second kappa shape index (κ2) is 9.60. The highest BCUT2D eigenvalue weighted by molar-refractivity contribution is 5.84. The van der Waals surface area contributed by atoms with Gasteiger partial charge >= 0.3 is 0 Å². The molecule has 4 nitrogen and oxygen atoms in total. The summed E-state index contributed by atoms with van der Waals surface area (Å²) in [7, 11) is 1.83. The van der Waals surface area contributed by atoms with Gasteiger partial charge in [-0.15, -0.1) is 0 Å². The fourth-order valence-corrected chi connectivity index (χ4v) is 2.97. The highest BCUT2D eigenvalue weighted by Crippen LogP contribution is 2.18. The molecule has 0 saturated heterocycles. The van der Waals surface area contributed by atoms with Crippen LogP contribution in [-0.2, 0) is 17.9 Å². The van der Waals surface area contributed by atoms with Gasteiger partial charge in [-0.2, -0.15) is 0 Å². The van der Waals surface area contributed by atoms with E-state index in [9.17, 15) is 4.79 Å². The van der Waals surface area contributed by atoms with Gasteiger partial charge in [-0.25, -0.2) is 0 Å². The number of amides is 1. The summed E-state index contributed by atoms with van der Waals surface area (Å²) in [5.74, 6) is 0.850. The SMILES string of the molecule is C[C@H](Nc1ccc(OCc2ccccc2)cc1)C(=O)N(C)Cc1ccccc1. The third kappa shape index (κ3) is 5.61. The van der Waals surface area contributed by atoms with E-state index in [-0.39, 0.29) is 11.9 Å². The molecule has 1 atom stereocenters. The van der Waals surface area contributed by atoms with Crippen LogP contribution in [0.4, 0.5) is 5.69 Å². The Morgan fingerprint density at radius 1 is 0.893 bits per heavy atom. The molecule has 0 bridgehead atoms. The Labute approximate surface area is 166 Å². The summed E-state index contributed by atoms with van der Waals surface area (Å²) >= 11 is 0. The molecule has 0 aliphatic carbocycles. The Hall–Kier alpha value is -3.27. The van der Waals surface area contributed by atoms with Gasteiger partial charge < -0.3 is 15.0 Å². The summed E-state index contributed by atoms with van der Waals surface area (Å²) in [4.78, 5) is 14.4. The van der Waals surface area contributed by atoms with Crippen molar-refractivity contribution in [2.45, 2.75) is 26.1 Å². The number of hydrogen-bond donors (Lipinski definition) is 1. The number of anilines is 1. The molecule has 144 valence electrons. The van der Waals surface area contributed by atoms with Crippen LogP contribution in [0.15, 0.2) is 84.9 Å². The lowest BCUT2D eigenvalue weighted by atomic mass is 10.2. The summed E-state index contributed by atoms with van der Waals surface area (Å²) in [6, 6.07) is 27.4. The zero-order valence-corrected chi connectivity index (χ0v) is 16.3. The molecule has 28 heavy (non-hydrogen) atoms. The van der Waals surface area contributed by atoms with E-state index in [2.05, 4.69) is 5.32 Å². The zero-order chi connectivity index (χ0) is 19.8. The molecule has 1 N–H and O–H groups in total. The maximum atomic E-state index is 12.6. The number of benzene rings is 3. The van der Waals surface area contributed by atoms with Gasteiger partial charge in [0.25, 0.3) is 0 Å². The van der Waals surface area contributed by atoms with E-state index in [1.807, 2.05) is 98.9 Å². The predicted octanol–water partition coefficient (Wildman–Crippen LogP) is 4.72. The van der Waals surface area contributed by atoms with Crippen molar-refractivity contribution >= 4 is 11.6 Å². The van der Waals surface area contributed by atoms with Crippen LogP contribution in [0.25, 0.3) is 0 Å². The van der Waals surface area contributed by atoms with Crippen molar-refractivity contribution in [2.24, 2.45) is 0 Å². The third-order valence-electron chi connectivity index (χ3n) is 4.50. The molecular formula is C24H26N2O2. The summed E-state index contributed by atoms with van der Waals surface area (Å²) in [5.41, 5.74) is 3.14. The largest absolute Gasteiger partial charge is 0.489 e. The fraction of sp³-hybridized carbons (Fsp3) is 0.208. The van der Waals surface area contributed by atoms with Crippen LogP contribution < -0.4 is 10.1 Å². The van der Waals surface area contributed by atoms with Gasteiger partial charge in [-0.1, -0.05) is 60.7 Å². The lowest BCUT2D eigenvalue weighted by molar-refractivity contribution is -0.130. The number of nitrogens with one attached hydrogen (secondary N) is 1. The Morgan fingerprint density at radius 3 is 2.07 bits per heavy atom. The number of ether oxygens (including phenoxy) is 1. The molecule has 0 fully saturated rings. The van der Waals surface area contributed by atoms with Crippen molar-refractivity contribution in [1.82, 2.24) is 4.90 Å². The second-order valence-electron chi connectivity index (χ2n) is 6.84. The van der Waals surface area contributed by atoms with E-state index in [1.54, 1.807) is 4.90 Å². The monoisotopic (exact) mass is 374 g/mol. The first kappa shape index (κ1) is 19.5. The minimum Gasteiger partial charge on any atom is -0.489 e. The second-order valence-corrected chi connectivity index (χ2v) is 6.84. The van der Waals surface area contributed by atoms with Gasteiger partial charge in [0.2, 0.25) is 5.91 Å². The van der Waals surface area contributed by atoms with Crippen LogP contribution >= 0.6 is 0 Å². The molecule has 0 aliphatic rings. The van der Waals surface area contributed by atoms with Crippen LogP contribution in [0.5, 0.6) is 5.75 Å². The van der Waals surface area contributed by atoms with Gasteiger partial charge in [0, 0.05) is 19.3 Å². The first-order valence-electron chi connectivity index (χ1n) is 9.44. The van der Waals surface area contributed by atoms with Gasteiger partial charge in [0.1, 0.15) is 18.4 Å². The predicted molar refractivity (Wildman–Crippen MR) is 113 cm³/mol. The van der Waals surface area contributed by atoms with E-state index in [4.69, 9.17) is 4.74 Å². The summed E-state index contributed by atoms with van der Waals surface area (Å²) < 4.78 is 5.80. The molecular weight excluding hydrogens is 348 g/mol. The first-order chi connectivity index (χ1) is 13.6. The Morgan fingerprint density at radius 2 is 1.46 bits per heavy atom. The Balaban J connectivity index is 1.50. The molecule has 0 unspecified atom stereocenters. The van der Waals surface area contributed by atoms with E-state index in [0.29, 0.717) is 13.2 Å². The molecule has 3 aromatic carbocycles. The Bertz CT molecular complexity index is 864. The van der Waals surface area contributed by atoms with Gasteiger partial charge in [-0.05, 0) is 42.3 Å². The Kier molecular flexibility index (Phi) is 6.68. The standard InChI is InChI=1S/C24H26N2O2/c1-19(24(27)26(2)17-20-9-5-3-6-10-20)25-22-13-15-23(16-14-22)28-18-21-11-7-4-8-12-21/h3-16,19,25H,17-18H2,1-2H3/t19-/m0/s1. The molecule has 0 spiro atoms. The maximum Gasteiger partial charge on any atom is 0.244 e. The third-order valence-corrected chi connectivity index (χ3v) is 4.50. The van der Waals surface area contributed by atoms with Gasteiger partial charge in [0.15, 0.2) is 0 Å². The zero-order valence-electron chi connectivity index (χ0n) is 16.3. The minimum atomic E-state index is -0.315. The van der Waals surface area contributed by atoms with Crippen LogP contribution in [0.1, 0.15) is 18.1 Å². The number of hydrogen-bond acceptors (Lipinski definition) is 3. The van der Waals surface area contributed by atoms with Crippen molar-refractivity contribution in [3.05, 3.63) is 96.1 Å². The number of likely N-dealkylation sites (N-methyl/N-ethyl adjacent to an activating group) is 1. The van der Waals surface area contributed by atoms with E-state index >= 15 is 0 Å². The number of carbonyl (C=O) groups is 1.